The van der Waals surface area contributed by atoms with Gasteiger partial charge in [-0.2, -0.15) is 13.2 Å². The van der Waals surface area contributed by atoms with Crippen LogP contribution in [0.4, 0.5) is 22.6 Å². The Bertz CT molecular complexity index is 1050. The summed E-state index contributed by atoms with van der Waals surface area (Å²) in [7, 11) is 0. The molecule has 7 nitrogen and oxygen atoms in total. The number of hydrogen-bond donors (Lipinski definition) is 3. The van der Waals surface area contributed by atoms with Crippen LogP contribution < -0.4 is 16.4 Å². The van der Waals surface area contributed by atoms with E-state index in [1.807, 2.05) is 5.32 Å². The number of thiophene rings is 1. The normalized spacial score (nSPS) is 14.9. The van der Waals surface area contributed by atoms with Crippen molar-refractivity contribution in [3.05, 3.63) is 51.7 Å². The molecule has 0 spiro atoms. The standard InChI is InChI=1S/C20H19F4N3O4S/c1-2-31-18(30)19(20(22,23)24,26-16(29)10-6-8-11(21)9-7-10)27-17-14(15(25)28)12-4-3-5-13(12)32-17/h6-9,27H,2-5H2,1H3,(H2,25,28)(H,26,29)/t19-/m0/s1. The summed E-state index contributed by atoms with van der Waals surface area (Å²) in [5.74, 6) is -4.80. The number of nitrogens with one attached hydrogen (secondary N) is 2. The van der Waals surface area contributed by atoms with Crippen LogP contribution in [0.1, 0.15) is 44.5 Å². The van der Waals surface area contributed by atoms with Gasteiger partial charge in [-0.05, 0) is 56.0 Å². The molecule has 1 atom stereocenters. The van der Waals surface area contributed by atoms with E-state index in [-0.39, 0.29) is 16.1 Å². The molecule has 0 bridgehead atoms. The van der Waals surface area contributed by atoms with Gasteiger partial charge in [-0.3, -0.25) is 9.59 Å². The fraction of sp³-hybridized carbons (Fsp3) is 0.350. The molecule has 1 aliphatic carbocycles. The number of halogens is 4. The number of amides is 2. The van der Waals surface area contributed by atoms with Gasteiger partial charge in [-0.25, -0.2) is 9.18 Å². The van der Waals surface area contributed by atoms with Gasteiger partial charge in [0.15, 0.2) is 0 Å². The molecule has 0 fully saturated rings. The number of carbonyl (C=O) groups excluding carboxylic acids is 3. The maximum absolute atomic E-state index is 14.4. The van der Waals surface area contributed by atoms with Crippen molar-refractivity contribution in [2.45, 2.75) is 38.0 Å². The van der Waals surface area contributed by atoms with E-state index in [9.17, 15) is 31.9 Å². The minimum Gasteiger partial charge on any atom is -0.463 e. The van der Waals surface area contributed by atoms with Gasteiger partial charge in [0.25, 0.3) is 11.8 Å². The Morgan fingerprint density at radius 3 is 2.38 bits per heavy atom. The third-order valence-electron chi connectivity index (χ3n) is 4.88. The number of alkyl halides is 3. The highest BCUT2D eigenvalue weighted by Crippen LogP contribution is 2.42. The molecule has 32 heavy (non-hydrogen) atoms. The molecular formula is C20H19F4N3O4S. The predicted octanol–water partition coefficient (Wildman–Crippen LogP) is 3.14. The molecule has 4 N–H and O–H groups in total. The van der Waals surface area contributed by atoms with E-state index in [0.29, 0.717) is 29.7 Å². The van der Waals surface area contributed by atoms with Gasteiger partial charge in [-0.1, -0.05) is 0 Å². The van der Waals surface area contributed by atoms with E-state index < -0.39 is 42.0 Å². The second-order valence-corrected chi connectivity index (χ2v) is 8.09. The third-order valence-corrected chi connectivity index (χ3v) is 6.09. The second kappa shape index (κ2) is 8.77. The van der Waals surface area contributed by atoms with E-state index in [1.165, 1.54) is 6.92 Å². The van der Waals surface area contributed by atoms with Crippen LogP contribution in [-0.2, 0) is 22.4 Å². The number of esters is 1. The highest BCUT2D eigenvalue weighted by molar-refractivity contribution is 7.16. The lowest BCUT2D eigenvalue weighted by molar-refractivity contribution is -0.204. The zero-order valence-electron chi connectivity index (χ0n) is 16.8. The SMILES string of the molecule is CCOC(=O)[C@](NC(=O)c1ccc(F)cc1)(Nc1sc2c(c1C(N)=O)CCC2)C(F)(F)F. The maximum atomic E-state index is 14.4. The molecule has 0 radical (unpaired) electrons. The quantitative estimate of drug-likeness (QED) is 0.325. The smallest absolute Gasteiger partial charge is 0.441 e. The first-order valence-electron chi connectivity index (χ1n) is 9.54. The third kappa shape index (κ3) is 4.27. The average molecular weight is 473 g/mol. The fourth-order valence-corrected chi connectivity index (χ4v) is 4.75. The molecule has 1 aromatic heterocycles. The summed E-state index contributed by atoms with van der Waals surface area (Å²) in [5, 5.41) is 3.37. The largest absolute Gasteiger partial charge is 0.463 e. The van der Waals surface area contributed by atoms with Crippen LogP contribution in [0, 0.1) is 5.82 Å². The van der Waals surface area contributed by atoms with E-state index in [4.69, 9.17) is 5.73 Å². The van der Waals surface area contributed by atoms with Crippen LogP contribution in [0.3, 0.4) is 0 Å². The van der Waals surface area contributed by atoms with Crippen LogP contribution in [-0.4, -0.2) is 36.2 Å². The Labute approximate surface area is 183 Å². The van der Waals surface area contributed by atoms with Gasteiger partial charge >= 0.3 is 17.8 Å². The lowest BCUT2D eigenvalue weighted by Crippen LogP contribution is -2.69. The zero-order valence-corrected chi connectivity index (χ0v) is 17.6. The van der Waals surface area contributed by atoms with E-state index >= 15 is 0 Å². The van der Waals surface area contributed by atoms with Gasteiger partial charge in [0, 0.05) is 10.4 Å². The van der Waals surface area contributed by atoms with E-state index in [0.717, 1.165) is 35.6 Å². The van der Waals surface area contributed by atoms with Crippen molar-refractivity contribution in [3.63, 3.8) is 0 Å². The Balaban J connectivity index is 2.10. The van der Waals surface area contributed by atoms with E-state index in [1.54, 1.807) is 5.32 Å². The summed E-state index contributed by atoms with van der Waals surface area (Å²) in [4.78, 5) is 37.9. The number of fused-ring (bicyclic) bond motifs is 1. The van der Waals surface area contributed by atoms with Crippen molar-refractivity contribution in [2.75, 3.05) is 11.9 Å². The summed E-state index contributed by atoms with van der Waals surface area (Å²) >= 11 is 0.860. The predicted molar refractivity (Wildman–Crippen MR) is 108 cm³/mol. The van der Waals surface area contributed by atoms with Gasteiger partial charge in [0.05, 0.1) is 12.2 Å². The maximum Gasteiger partial charge on any atom is 0.441 e. The summed E-state index contributed by atoms with van der Waals surface area (Å²) in [6, 6.07) is 3.70. The number of hydrogen-bond acceptors (Lipinski definition) is 6. The van der Waals surface area contributed by atoms with Crippen molar-refractivity contribution in [3.8, 4) is 0 Å². The van der Waals surface area contributed by atoms with Crippen LogP contribution in [0.5, 0.6) is 0 Å². The lowest BCUT2D eigenvalue weighted by atomic mass is 10.1. The minimum atomic E-state index is -5.39. The van der Waals surface area contributed by atoms with Crippen molar-refractivity contribution < 1.29 is 36.7 Å². The monoisotopic (exact) mass is 473 g/mol. The zero-order chi connectivity index (χ0) is 23.7. The summed E-state index contributed by atoms with van der Waals surface area (Å²) in [5.41, 5.74) is 1.73. The molecule has 172 valence electrons. The fourth-order valence-electron chi connectivity index (χ4n) is 3.40. The van der Waals surface area contributed by atoms with Crippen molar-refractivity contribution in [1.82, 2.24) is 5.32 Å². The second-order valence-electron chi connectivity index (χ2n) is 6.98. The number of benzene rings is 1. The Morgan fingerprint density at radius 1 is 1.16 bits per heavy atom. The molecule has 2 aromatic rings. The molecule has 3 rings (SSSR count). The molecule has 1 aromatic carbocycles. The highest BCUT2D eigenvalue weighted by atomic mass is 32.1. The Kier molecular flexibility index (Phi) is 6.44. The molecule has 0 saturated heterocycles. The minimum absolute atomic E-state index is 0.156. The summed E-state index contributed by atoms with van der Waals surface area (Å²) in [6.07, 6.45) is -3.68. The number of anilines is 1. The molecule has 1 heterocycles. The number of primary amides is 1. The van der Waals surface area contributed by atoms with Crippen molar-refractivity contribution >= 4 is 34.1 Å². The van der Waals surface area contributed by atoms with Crippen LogP contribution >= 0.6 is 11.3 Å². The van der Waals surface area contributed by atoms with Gasteiger partial charge in [0.1, 0.15) is 10.8 Å². The summed E-state index contributed by atoms with van der Waals surface area (Å²) in [6.45, 7) is 0.893. The molecule has 0 saturated carbocycles. The average Bonchev–Trinajstić information content (AvgIpc) is 3.27. The molecule has 12 heteroatoms. The summed E-state index contributed by atoms with van der Waals surface area (Å²) < 4.78 is 60.9. The van der Waals surface area contributed by atoms with Gasteiger partial charge < -0.3 is 21.1 Å². The number of ether oxygens (including phenoxy) is 1. The first kappa shape index (κ1) is 23.5. The molecule has 0 aliphatic heterocycles. The molecule has 1 aliphatic rings. The van der Waals surface area contributed by atoms with Crippen LogP contribution in [0.25, 0.3) is 0 Å². The molecule has 0 unspecified atom stereocenters. The Morgan fingerprint density at radius 2 is 1.81 bits per heavy atom. The number of rotatable bonds is 7. The van der Waals surface area contributed by atoms with Crippen LogP contribution in [0.15, 0.2) is 24.3 Å². The van der Waals surface area contributed by atoms with Gasteiger partial charge in [0.2, 0.25) is 0 Å². The van der Waals surface area contributed by atoms with E-state index in [2.05, 4.69) is 4.74 Å². The molecule has 2 amide bonds. The molecular weight excluding hydrogens is 454 g/mol. The number of carbonyl (C=O) groups is 3. The van der Waals surface area contributed by atoms with Crippen molar-refractivity contribution in [2.24, 2.45) is 5.73 Å². The number of nitrogens with two attached hydrogens (primary N) is 1. The highest BCUT2D eigenvalue weighted by Gasteiger charge is 2.64. The first-order chi connectivity index (χ1) is 15.0. The Hall–Kier alpha value is -3.15. The van der Waals surface area contributed by atoms with Gasteiger partial charge in [-0.15, -0.1) is 11.3 Å². The lowest BCUT2D eigenvalue weighted by Gasteiger charge is -2.35. The topological polar surface area (TPSA) is 111 Å². The van der Waals surface area contributed by atoms with Crippen LogP contribution in [0.2, 0.25) is 0 Å². The number of aryl methyl sites for hydroxylation is 1. The van der Waals surface area contributed by atoms with Crippen molar-refractivity contribution in [1.29, 1.82) is 0 Å². The first-order valence-corrected chi connectivity index (χ1v) is 10.4.